The van der Waals surface area contributed by atoms with Gasteiger partial charge in [0.15, 0.2) is 11.5 Å². The van der Waals surface area contributed by atoms with Crippen molar-refractivity contribution in [3.05, 3.63) is 23.8 Å². The summed E-state index contributed by atoms with van der Waals surface area (Å²) >= 11 is 0. The number of para-hydroxylation sites is 1. The first kappa shape index (κ1) is 13.6. The Morgan fingerprint density at radius 2 is 2.21 bits per heavy atom. The molecule has 1 aromatic carbocycles. The van der Waals surface area contributed by atoms with Crippen molar-refractivity contribution in [2.24, 2.45) is 0 Å². The van der Waals surface area contributed by atoms with Gasteiger partial charge in [0, 0.05) is 6.54 Å². The third-order valence-electron chi connectivity index (χ3n) is 3.22. The molecule has 1 heterocycles. The van der Waals surface area contributed by atoms with Crippen LogP contribution in [0.5, 0.6) is 11.5 Å². The molecule has 104 valence electrons. The molecule has 0 spiro atoms. The lowest BCUT2D eigenvalue weighted by molar-refractivity contribution is -0.0668. The first-order chi connectivity index (χ1) is 9.04. The van der Waals surface area contributed by atoms with Crippen molar-refractivity contribution in [1.29, 1.82) is 0 Å². The second-order valence-corrected chi connectivity index (χ2v) is 4.62. The fourth-order valence-electron chi connectivity index (χ4n) is 2.07. The average Bonchev–Trinajstić information content (AvgIpc) is 2.42. The van der Waals surface area contributed by atoms with Crippen LogP contribution in [0.3, 0.4) is 0 Å². The molecule has 0 saturated carbocycles. The van der Waals surface area contributed by atoms with Crippen molar-refractivity contribution in [3.63, 3.8) is 0 Å². The van der Waals surface area contributed by atoms with E-state index in [4.69, 9.17) is 9.84 Å². The molecule has 0 radical (unpaired) electrons. The number of morpholine rings is 1. The molecule has 2 unspecified atom stereocenters. The third kappa shape index (κ3) is 2.64. The highest BCUT2D eigenvalue weighted by Gasteiger charge is 2.31. The zero-order valence-corrected chi connectivity index (χ0v) is 10.6. The Labute approximate surface area is 110 Å². The van der Waals surface area contributed by atoms with Gasteiger partial charge in [0.05, 0.1) is 30.9 Å². The summed E-state index contributed by atoms with van der Waals surface area (Å²) in [5.41, 5.74) is 0.0467. The van der Waals surface area contributed by atoms with Crippen molar-refractivity contribution in [3.8, 4) is 11.5 Å². The minimum absolute atomic E-state index is 0.0467. The topological polar surface area (TPSA) is 90.2 Å². The van der Waals surface area contributed by atoms with Crippen molar-refractivity contribution in [2.45, 2.75) is 19.1 Å². The molecule has 1 aliphatic heterocycles. The van der Waals surface area contributed by atoms with E-state index < -0.39 is 11.9 Å². The monoisotopic (exact) mass is 267 g/mol. The Morgan fingerprint density at radius 1 is 1.47 bits per heavy atom. The van der Waals surface area contributed by atoms with Crippen LogP contribution < -0.4 is 0 Å². The summed E-state index contributed by atoms with van der Waals surface area (Å²) in [6, 6.07) is 4.10. The predicted molar refractivity (Wildman–Crippen MR) is 67.1 cm³/mol. The zero-order chi connectivity index (χ0) is 14.0. The van der Waals surface area contributed by atoms with Crippen LogP contribution in [0.25, 0.3) is 0 Å². The van der Waals surface area contributed by atoms with Crippen LogP contribution in [0, 0.1) is 0 Å². The number of phenolic OH excluding ortho intramolecular Hbond substituents is 2. The molecule has 1 fully saturated rings. The van der Waals surface area contributed by atoms with Crippen molar-refractivity contribution in [1.82, 2.24) is 4.90 Å². The lowest BCUT2D eigenvalue weighted by Gasteiger charge is -2.37. The Balaban J connectivity index is 2.24. The predicted octanol–water partition coefficient (Wildman–Crippen LogP) is 0.320. The summed E-state index contributed by atoms with van der Waals surface area (Å²) in [7, 11) is 0. The van der Waals surface area contributed by atoms with Crippen LogP contribution in [0.15, 0.2) is 18.2 Å². The van der Waals surface area contributed by atoms with Gasteiger partial charge in [-0.2, -0.15) is 0 Å². The van der Waals surface area contributed by atoms with Crippen molar-refractivity contribution >= 4 is 5.91 Å². The molecule has 1 saturated heterocycles. The third-order valence-corrected chi connectivity index (χ3v) is 3.22. The van der Waals surface area contributed by atoms with Gasteiger partial charge in [0.25, 0.3) is 5.91 Å². The van der Waals surface area contributed by atoms with Crippen LogP contribution in [-0.2, 0) is 4.74 Å². The SMILES string of the molecule is CC1COC(CO)CN1C(=O)c1cccc(O)c1O. The van der Waals surface area contributed by atoms with Crippen LogP contribution >= 0.6 is 0 Å². The standard InChI is InChI=1S/C13H17NO5/c1-8-7-19-9(6-15)5-14(8)13(18)10-3-2-4-11(16)12(10)17/h2-4,8-9,15-17H,5-7H2,1H3. The number of nitrogens with zero attached hydrogens (tertiary/aromatic N) is 1. The molecule has 19 heavy (non-hydrogen) atoms. The quantitative estimate of drug-likeness (QED) is 0.671. The minimum Gasteiger partial charge on any atom is -0.504 e. The molecule has 0 bridgehead atoms. The summed E-state index contributed by atoms with van der Waals surface area (Å²) in [4.78, 5) is 13.9. The van der Waals surface area contributed by atoms with E-state index in [2.05, 4.69) is 0 Å². The second-order valence-electron chi connectivity index (χ2n) is 4.62. The number of phenols is 2. The van der Waals surface area contributed by atoms with E-state index in [-0.39, 0.29) is 36.4 Å². The van der Waals surface area contributed by atoms with Crippen LogP contribution in [0.1, 0.15) is 17.3 Å². The second kappa shape index (κ2) is 5.46. The molecule has 6 nitrogen and oxygen atoms in total. The van der Waals surface area contributed by atoms with Gasteiger partial charge >= 0.3 is 0 Å². The van der Waals surface area contributed by atoms with E-state index in [1.165, 1.54) is 23.1 Å². The summed E-state index contributed by atoms with van der Waals surface area (Å²) in [6.07, 6.45) is -0.417. The van der Waals surface area contributed by atoms with Gasteiger partial charge in [-0.05, 0) is 19.1 Å². The number of aromatic hydroxyl groups is 2. The van der Waals surface area contributed by atoms with Crippen molar-refractivity contribution in [2.75, 3.05) is 19.8 Å². The number of aliphatic hydroxyl groups is 1. The van der Waals surface area contributed by atoms with Gasteiger partial charge in [-0.15, -0.1) is 0 Å². The maximum atomic E-state index is 12.4. The fraction of sp³-hybridized carbons (Fsp3) is 0.462. The van der Waals surface area contributed by atoms with E-state index in [0.29, 0.717) is 6.61 Å². The molecule has 3 N–H and O–H groups in total. The Bertz CT molecular complexity index is 476. The van der Waals surface area contributed by atoms with Gasteiger partial charge < -0.3 is 25.0 Å². The van der Waals surface area contributed by atoms with Gasteiger partial charge in [0.2, 0.25) is 0 Å². The molecule has 2 rings (SSSR count). The lowest BCUT2D eigenvalue weighted by Crippen LogP contribution is -2.52. The van der Waals surface area contributed by atoms with E-state index in [0.717, 1.165) is 0 Å². The number of carbonyl (C=O) groups is 1. The largest absolute Gasteiger partial charge is 0.504 e. The highest BCUT2D eigenvalue weighted by atomic mass is 16.5. The van der Waals surface area contributed by atoms with Crippen molar-refractivity contribution < 1.29 is 24.9 Å². The smallest absolute Gasteiger partial charge is 0.258 e. The number of ether oxygens (including phenoxy) is 1. The lowest BCUT2D eigenvalue weighted by atomic mass is 10.1. The highest BCUT2D eigenvalue weighted by Crippen LogP contribution is 2.30. The van der Waals surface area contributed by atoms with E-state index in [1.807, 2.05) is 6.92 Å². The Hall–Kier alpha value is -1.79. The minimum atomic E-state index is -0.424. The molecule has 0 aromatic heterocycles. The van der Waals surface area contributed by atoms with E-state index in [9.17, 15) is 15.0 Å². The normalized spacial score (nSPS) is 23.4. The summed E-state index contributed by atoms with van der Waals surface area (Å²) in [5, 5.41) is 28.2. The summed E-state index contributed by atoms with van der Waals surface area (Å²) in [6.45, 7) is 2.25. The van der Waals surface area contributed by atoms with Crippen LogP contribution in [0.4, 0.5) is 0 Å². The maximum absolute atomic E-state index is 12.4. The number of amides is 1. The number of benzene rings is 1. The number of aliphatic hydroxyl groups excluding tert-OH is 1. The van der Waals surface area contributed by atoms with Gasteiger partial charge in [-0.1, -0.05) is 6.07 Å². The molecule has 1 amide bonds. The molecule has 6 heteroatoms. The molecule has 2 atom stereocenters. The number of rotatable bonds is 2. The molecule has 0 aliphatic carbocycles. The molecule has 1 aliphatic rings. The highest BCUT2D eigenvalue weighted by molar-refractivity contribution is 5.97. The summed E-state index contributed by atoms with van der Waals surface area (Å²) in [5.74, 6) is -1.14. The van der Waals surface area contributed by atoms with Crippen LogP contribution in [0.2, 0.25) is 0 Å². The number of carbonyl (C=O) groups excluding carboxylic acids is 1. The van der Waals surface area contributed by atoms with Crippen LogP contribution in [-0.4, -0.2) is 58.0 Å². The molecule has 1 aromatic rings. The Kier molecular flexibility index (Phi) is 3.92. The molecular formula is C13H17NO5. The number of hydrogen-bond acceptors (Lipinski definition) is 5. The maximum Gasteiger partial charge on any atom is 0.258 e. The first-order valence-corrected chi connectivity index (χ1v) is 6.09. The fourth-order valence-corrected chi connectivity index (χ4v) is 2.07. The first-order valence-electron chi connectivity index (χ1n) is 6.09. The van der Waals surface area contributed by atoms with Gasteiger partial charge in [-0.3, -0.25) is 4.79 Å². The van der Waals surface area contributed by atoms with E-state index >= 15 is 0 Å². The van der Waals surface area contributed by atoms with Gasteiger partial charge in [0.1, 0.15) is 0 Å². The summed E-state index contributed by atoms with van der Waals surface area (Å²) < 4.78 is 5.35. The Morgan fingerprint density at radius 3 is 2.89 bits per heavy atom. The zero-order valence-electron chi connectivity index (χ0n) is 10.6. The van der Waals surface area contributed by atoms with E-state index in [1.54, 1.807) is 0 Å². The number of hydrogen-bond donors (Lipinski definition) is 3. The average molecular weight is 267 g/mol. The van der Waals surface area contributed by atoms with Gasteiger partial charge in [-0.25, -0.2) is 0 Å². The molecular weight excluding hydrogens is 250 g/mol.